The van der Waals surface area contributed by atoms with Crippen molar-refractivity contribution >= 4 is 51.6 Å². The van der Waals surface area contributed by atoms with Crippen LogP contribution in [0.25, 0.3) is 22.6 Å². The standard InChI is InChI=1S/C24H20ClN3O3S/c1-2-12-30-19-9-6-15(7-10-19)22(29)28-24(32)26-18-5-3-4-16(13-18)23-27-20-14-17(25)8-11-21(20)31-23/h3-11,13-14H,2,12H2,1H3,(H2,26,28,29,32). The Labute approximate surface area is 195 Å². The molecule has 0 aliphatic heterocycles. The number of hydrogen-bond acceptors (Lipinski definition) is 5. The van der Waals surface area contributed by atoms with E-state index in [1.165, 1.54) is 0 Å². The molecule has 4 rings (SSSR count). The van der Waals surface area contributed by atoms with Gasteiger partial charge in [-0.2, -0.15) is 0 Å². The minimum Gasteiger partial charge on any atom is -0.494 e. The van der Waals surface area contributed by atoms with Gasteiger partial charge in [0.1, 0.15) is 11.3 Å². The third-order valence-corrected chi connectivity index (χ3v) is 4.97. The van der Waals surface area contributed by atoms with Crippen LogP contribution in [-0.2, 0) is 0 Å². The lowest BCUT2D eigenvalue weighted by Crippen LogP contribution is -2.34. The summed E-state index contributed by atoms with van der Waals surface area (Å²) in [5, 5.41) is 6.48. The molecule has 0 saturated carbocycles. The van der Waals surface area contributed by atoms with Crippen molar-refractivity contribution in [1.29, 1.82) is 0 Å². The van der Waals surface area contributed by atoms with E-state index in [1.807, 2.05) is 31.2 Å². The third kappa shape index (κ3) is 5.25. The van der Waals surface area contributed by atoms with Gasteiger partial charge in [0.25, 0.3) is 5.91 Å². The van der Waals surface area contributed by atoms with E-state index >= 15 is 0 Å². The highest BCUT2D eigenvalue weighted by molar-refractivity contribution is 7.80. The lowest BCUT2D eigenvalue weighted by atomic mass is 10.2. The van der Waals surface area contributed by atoms with Gasteiger partial charge in [0.05, 0.1) is 6.61 Å². The average Bonchev–Trinajstić information content (AvgIpc) is 3.21. The maximum atomic E-state index is 12.5. The highest BCUT2D eigenvalue weighted by Gasteiger charge is 2.11. The number of amides is 1. The Hall–Kier alpha value is -3.42. The zero-order valence-electron chi connectivity index (χ0n) is 17.2. The number of carbonyl (C=O) groups is 1. The first-order valence-electron chi connectivity index (χ1n) is 10.0. The van der Waals surface area contributed by atoms with Crippen LogP contribution in [-0.4, -0.2) is 22.6 Å². The van der Waals surface area contributed by atoms with Gasteiger partial charge in [-0.25, -0.2) is 4.98 Å². The topological polar surface area (TPSA) is 76.4 Å². The molecule has 1 amide bonds. The van der Waals surface area contributed by atoms with Crippen molar-refractivity contribution in [2.75, 3.05) is 11.9 Å². The van der Waals surface area contributed by atoms with Crippen LogP contribution in [0.2, 0.25) is 5.02 Å². The number of nitrogens with zero attached hydrogens (tertiary/aromatic N) is 1. The predicted octanol–water partition coefficient (Wildman–Crippen LogP) is 6.06. The number of ether oxygens (including phenoxy) is 1. The number of aromatic nitrogens is 1. The molecule has 4 aromatic rings. The molecule has 0 aliphatic rings. The number of nitrogens with one attached hydrogen (secondary N) is 2. The maximum Gasteiger partial charge on any atom is 0.257 e. The van der Waals surface area contributed by atoms with Gasteiger partial charge in [0, 0.05) is 21.8 Å². The molecule has 1 aromatic heterocycles. The van der Waals surface area contributed by atoms with Crippen LogP contribution in [0, 0.1) is 0 Å². The van der Waals surface area contributed by atoms with Crippen LogP contribution in [0.15, 0.2) is 71.1 Å². The van der Waals surface area contributed by atoms with Crippen molar-refractivity contribution in [1.82, 2.24) is 10.3 Å². The van der Waals surface area contributed by atoms with E-state index in [4.69, 9.17) is 33.0 Å². The van der Waals surface area contributed by atoms with E-state index < -0.39 is 0 Å². The van der Waals surface area contributed by atoms with Crippen LogP contribution >= 0.6 is 23.8 Å². The third-order valence-electron chi connectivity index (χ3n) is 4.53. The fourth-order valence-corrected chi connectivity index (χ4v) is 3.39. The molecule has 0 atom stereocenters. The monoisotopic (exact) mass is 465 g/mol. The molecule has 8 heteroatoms. The Balaban J connectivity index is 1.41. The quantitative estimate of drug-likeness (QED) is 0.337. The molecule has 0 bridgehead atoms. The molecule has 3 aromatic carbocycles. The Morgan fingerprint density at radius 1 is 1.12 bits per heavy atom. The summed E-state index contributed by atoms with van der Waals surface area (Å²) in [4.78, 5) is 17.0. The average molecular weight is 466 g/mol. The summed E-state index contributed by atoms with van der Waals surface area (Å²) in [6, 6.07) is 19.6. The second-order valence-corrected chi connectivity index (χ2v) is 7.84. The summed E-state index contributed by atoms with van der Waals surface area (Å²) in [5.74, 6) is 0.880. The number of anilines is 1. The summed E-state index contributed by atoms with van der Waals surface area (Å²) >= 11 is 11.3. The molecule has 0 unspecified atom stereocenters. The van der Waals surface area contributed by atoms with Gasteiger partial charge in [-0.1, -0.05) is 24.6 Å². The first-order chi connectivity index (χ1) is 15.5. The van der Waals surface area contributed by atoms with Crippen LogP contribution in [0.5, 0.6) is 5.75 Å². The number of hydrogen-bond donors (Lipinski definition) is 2. The fraction of sp³-hybridized carbons (Fsp3) is 0.125. The van der Waals surface area contributed by atoms with Crippen molar-refractivity contribution in [3.8, 4) is 17.2 Å². The highest BCUT2D eigenvalue weighted by atomic mass is 35.5. The number of benzene rings is 3. The first-order valence-corrected chi connectivity index (χ1v) is 10.8. The van der Waals surface area contributed by atoms with Crippen molar-refractivity contribution in [3.63, 3.8) is 0 Å². The van der Waals surface area contributed by atoms with Crippen LogP contribution in [0.3, 0.4) is 0 Å². The highest BCUT2D eigenvalue weighted by Crippen LogP contribution is 2.27. The lowest BCUT2D eigenvalue weighted by molar-refractivity contribution is 0.0977. The summed E-state index contributed by atoms with van der Waals surface area (Å²) in [7, 11) is 0. The predicted molar refractivity (Wildman–Crippen MR) is 130 cm³/mol. The van der Waals surface area contributed by atoms with Crippen molar-refractivity contribution in [2.24, 2.45) is 0 Å². The summed E-state index contributed by atoms with van der Waals surface area (Å²) < 4.78 is 11.3. The van der Waals surface area contributed by atoms with Crippen molar-refractivity contribution in [2.45, 2.75) is 13.3 Å². The van der Waals surface area contributed by atoms with E-state index in [0.717, 1.165) is 17.7 Å². The second kappa shape index (κ2) is 9.80. The maximum absolute atomic E-state index is 12.5. The second-order valence-electron chi connectivity index (χ2n) is 6.99. The molecule has 162 valence electrons. The number of rotatable bonds is 6. The zero-order valence-corrected chi connectivity index (χ0v) is 18.8. The van der Waals surface area contributed by atoms with Crippen LogP contribution < -0.4 is 15.4 Å². The SMILES string of the molecule is CCCOc1ccc(C(=O)NC(=S)Nc2cccc(-c3nc4cc(Cl)ccc4o3)c2)cc1. The Morgan fingerprint density at radius 2 is 1.94 bits per heavy atom. The minimum absolute atomic E-state index is 0.183. The molecule has 0 aliphatic carbocycles. The molecule has 0 spiro atoms. The number of fused-ring (bicyclic) bond motifs is 1. The van der Waals surface area contributed by atoms with Crippen molar-refractivity contribution in [3.05, 3.63) is 77.3 Å². The van der Waals surface area contributed by atoms with Gasteiger partial charge in [-0.05, 0) is 79.3 Å². The Kier molecular flexibility index (Phi) is 6.68. The van der Waals surface area contributed by atoms with E-state index in [9.17, 15) is 4.79 Å². The Morgan fingerprint density at radius 3 is 2.72 bits per heavy atom. The van der Waals surface area contributed by atoms with E-state index in [-0.39, 0.29) is 11.0 Å². The van der Waals surface area contributed by atoms with Gasteiger partial charge < -0.3 is 14.5 Å². The van der Waals surface area contributed by atoms with Crippen LogP contribution in [0.1, 0.15) is 23.7 Å². The first kappa shape index (κ1) is 21.8. The smallest absolute Gasteiger partial charge is 0.257 e. The normalized spacial score (nSPS) is 10.7. The van der Waals surface area contributed by atoms with E-state index in [1.54, 1.807) is 42.5 Å². The molecule has 32 heavy (non-hydrogen) atoms. The van der Waals surface area contributed by atoms with Crippen LogP contribution in [0.4, 0.5) is 5.69 Å². The lowest BCUT2D eigenvalue weighted by Gasteiger charge is -2.11. The number of halogens is 1. The van der Waals surface area contributed by atoms with Crippen molar-refractivity contribution < 1.29 is 13.9 Å². The van der Waals surface area contributed by atoms with Gasteiger partial charge in [0.2, 0.25) is 5.89 Å². The molecular formula is C24H20ClN3O3S. The van der Waals surface area contributed by atoms with Gasteiger partial charge in [-0.15, -0.1) is 0 Å². The molecule has 0 saturated heterocycles. The molecule has 1 heterocycles. The summed E-state index contributed by atoms with van der Waals surface area (Å²) in [6.07, 6.45) is 0.921. The molecular weight excluding hydrogens is 446 g/mol. The molecule has 0 radical (unpaired) electrons. The van der Waals surface area contributed by atoms with E-state index in [2.05, 4.69) is 15.6 Å². The van der Waals surface area contributed by atoms with Gasteiger partial charge >= 0.3 is 0 Å². The molecule has 6 nitrogen and oxygen atoms in total. The largest absolute Gasteiger partial charge is 0.494 e. The number of oxazole rings is 1. The van der Waals surface area contributed by atoms with Gasteiger partial charge in [0.15, 0.2) is 10.7 Å². The van der Waals surface area contributed by atoms with E-state index in [0.29, 0.717) is 39.9 Å². The van der Waals surface area contributed by atoms with Gasteiger partial charge in [-0.3, -0.25) is 10.1 Å². The minimum atomic E-state index is -0.309. The Bertz CT molecular complexity index is 1270. The number of thiocarbonyl (C=S) groups is 1. The summed E-state index contributed by atoms with van der Waals surface area (Å²) in [5.41, 5.74) is 3.27. The zero-order chi connectivity index (χ0) is 22.5. The summed E-state index contributed by atoms with van der Waals surface area (Å²) in [6.45, 7) is 2.67. The molecule has 0 fully saturated rings. The fourth-order valence-electron chi connectivity index (χ4n) is 3.01. The molecule has 2 N–H and O–H groups in total. The number of carbonyl (C=O) groups excluding carboxylic acids is 1.